The second-order valence-corrected chi connectivity index (χ2v) is 9.71. The van der Waals surface area contributed by atoms with Crippen LogP contribution >= 0.6 is 23.2 Å². The molecule has 2 amide bonds. The van der Waals surface area contributed by atoms with Gasteiger partial charge in [-0.25, -0.2) is 0 Å². The zero-order valence-electron chi connectivity index (χ0n) is 19.8. The summed E-state index contributed by atoms with van der Waals surface area (Å²) in [7, 11) is 0. The fourth-order valence-electron chi connectivity index (χ4n) is 4.70. The van der Waals surface area contributed by atoms with E-state index in [0.29, 0.717) is 53.2 Å². The van der Waals surface area contributed by atoms with Crippen molar-refractivity contribution in [3.63, 3.8) is 0 Å². The number of ether oxygens (including phenoxy) is 1. The first kappa shape index (κ1) is 25.3. The smallest absolute Gasteiger partial charge is 0.247 e. The van der Waals surface area contributed by atoms with Crippen LogP contribution in [0.5, 0.6) is 0 Å². The molecule has 1 N–H and O–H groups in total. The summed E-state index contributed by atoms with van der Waals surface area (Å²) >= 11 is 12.3. The topological polar surface area (TPSA) is 105 Å². The number of aromatic nitrogens is 4. The number of halogens is 2. The summed E-state index contributed by atoms with van der Waals surface area (Å²) < 4.78 is 6.98. The summed E-state index contributed by atoms with van der Waals surface area (Å²) in [4.78, 5) is 30.7. The molecule has 37 heavy (non-hydrogen) atoms. The second-order valence-electron chi connectivity index (χ2n) is 8.83. The molecule has 192 valence electrons. The van der Waals surface area contributed by atoms with Crippen molar-refractivity contribution in [1.29, 1.82) is 0 Å². The third-order valence-electron chi connectivity index (χ3n) is 6.51. The average molecular weight is 542 g/mol. The molecule has 5 rings (SSSR count). The molecule has 2 fully saturated rings. The molecule has 0 aliphatic carbocycles. The number of likely N-dealkylation sites (tertiary alicyclic amines) is 1. The predicted octanol–water partition coefficient (Wildman–Crippen LogP) is 2.92. The number of benzene rings is 2. The summed E-state index contributed by atoms with van der Waals surface area (Å²) in [5.74, 6) is -0.526. The number of hydrogen-bond donors (Lipinski definition) is 1. The van der Waals surface area contributed by atoms with Crippen LogP contribution in [0.1, 0.15) is 12.0 Å². The SMILES string of the molecule is O=C(Nc1cccc(Cl)c1)[C@@H]1C[C@H](N2CCOCC2)CN1C(=O)/C=C/c1cc(Cl)ccc1-n1cnnn1. The first-order chi connectivity index (χ1) is 18.0. The van der Waals surface area contributed by atoms with Gasteiger partial charge in [-0.1, -0.05) is 29.3 Å². The van der Waals surface area contributed by atoms with Crippen LogP contribution < -0.4 is 5.32 Å². The van der Waals surface area contributed by atoms with Gasteiger partial charge in [0.15, 0.2) is 0 Å². The Morgan fingerprint density at radius 1 is 1.08 bits per heavy atom. The van der Waals surface area contributed by atoms with Crippen LogP contribution in [0.25, 0.3) is 11.8 Å². The van der Waals surface area contributed by atoms with Gasteiger partial charge >= 0.3 is 0 Å². The zero-order valence-corrected chi connectivity index (χ0v) is 21.3. The highest BCUT2D eigenvalue weighted by atomic mass is 35.5. The van der Waals surface area contributed by atoms with E-state index in [4.69, 9.17) is 27.9 Å². The van der Waals surface area contributed by atoms with E-state index in [1.165, 1.54) is 17.1 Å². The molecule has 2 aromatic carbocycles. The number of rotatable bonds is 6. The maximum absolute atomic E-state index is 13.5. The lowest BCUT2D eigenvalue weighted by molar-refractivity contribution is -0.132. The van der Waals surface area contributed by atoms with Gasteiger partial charge in [0.05, 0.1) is 18.9 Å². The monoisotopic (exact) mass is 541 g/mol. The number of nitrogens with zero attached hydrogens (tertiary/aromatic N) is 6. The van der Waals surface area contributed by atoms with Crippen LogP contribution in [-0.2, 0) is 14.3 Å². The van der Waals surface area contributed by atoms with Gasteiger partial charge in [-0.05, 0) is 59.3 Å². The van der Waals surface area contributed by atoms with Crippen molar-refractivity contribution in [2.75, 3.05) is 38.2 Å². The number of tetrazole rings is 1. The summed E-state index contributed by atoms with van der Waals surface area (Å²) in [6, 6.07) is 11.6. The molecule has 12 heteroatoms. The van der Waals surface area contributed by atoms with Crippen molar-refractivity contribution < 1.29 is 14.3 Å². The first-order valence-electron chi connectivity index (χ1n) is 11.9. The zero-order chi connectivity index (χ0) is 25.8. The quantitative estimate of drug-likeness (QED) is 0.478. The fraction of sp³-hybridized carbons (Fsp3) is 0.320. The lowest BCUT2D eigenvalue weighted by Gasteiger charge is -2.31. The Morgan fingerprint density at radius 3 is 2.65 bits per heavy atom. The van der Waals surface area contributed by atoms with E-state index < -0.39 is 6.04 Å². The number of carbonyl (C=O) groups is 2. The van der Waals surface area contributed by atoms with Crippen LogP contribution in [0.15, 0.2) is 54.9 Å². The molecule has 1 aromatic heterocycles. The highest BCUT2D eigenvalue weighted by Gasteiger charge is 2.41. The number of anilines is 1. The molecule has 3 aromatic rings. The van der Waals surface area contributed by atoms with Crippen molar-refractivity contribution in [2.45, 2.75) is 18.5 Å². The molecule has 3 heterocycles. The van der Waals surface area contributed by atoms with E-state index in [2.05, 4.69) is 25.7 Å². The minimum absolute atomic E-state index is 0.0549. The lowest BCUT2D eigenvalue weighted by Crippen LogP contribution is -2.45. The van der Waals surface area contributed by atoms with Crippen LogP contribution in [0, 0.1) is 0 Å². The summed E-state index contributed by atoms with van der Waals surface area (Å²) in [6.07, 6.45) is 5.12. The Labute approximate surface area is 223 Å². The maximum atomic E-state index is 13.5. The van der Waals surface area contributed by atoms with Gasteiger partial charge in [0.2, 0.25) is 11.8 Å². The molecule has 0 radical (unpaired) electrons. The minimum Gasteiger partial charge on any atom is -0.379 e. The van der Waals surface area contributed by atoms with E-state index in [9.17, 15) is 9.59 Å². The number of amides is 2. The molecule has 0 bridgehead atoms. The highest BCUT2D eigenvalue weighted by molar-refractivity contribution is 6.31. The Morgan fingerprint density at radius 2 is 1.89 bits per heavy atom. The summed E-state index contributed by atoms with van der Waals surface area (Å²) in [5.41, 5.74) is 1.92. The average Bonchev–Trinajstić information content (AvgIpc) is 3.59. The second kappa shape index (κ2) is 11.4. The van der Waals surface area contributed by atoms with Crippen molar-refractivity contribution >= 4 is 46.8 Å². The first-order valence-corrected chi connectivity index (χ1v) is 12.6. The summed E-state index contributed by atoms with van der Waals surface area (Å²) in [5, 5.41) is 15.2. The van der Waals surface area contributed by atoms with Crippen LogP contribution in [0.3, 0.4) is 0 Å². The molecular weight excluding hydrogens is 517 g/mol. The number of morpholine rings is 1. The molecule has 0 spiro atoms. The van der Waals surface area contributed by atoms with Crippen LogP contribution in [-0.4, -0.2) is 86.8 Å². The van der Waals surface area contributed by atoms with Crippen molar-refractivity contribution in [2.24, 2.45) is 0 Å². The Bertz CT molecular complexity index is 1300. The van der Waals surface area contributed by atoms with E-state index in [1.807, 2.05) is 0 Å². The van der Waals surface area contributed by atoms with Crippen molar-refractivity contribution in [1.82, 2.24) is 30.0 Å². The highest BCUT2D eigenvalue weighted by Crippen LogP contribution is 2.26. The van der Waals surface area contributed by atoms with Crippen LogP contribution in [0.4, 0.5) is 5.69 Å². The third kappa shape index (κ3) is 5.99. The molecule has 2 aliphatic rings. The number of nitrogens with one attached hydrogen (secondary N) is 1. The lowest BCUT2D eigenvalue weighted by atomic mass is 10.1. The predicted molar refractivity (Wildman–Crippen MR) is 140 cm³/mol. The van der Waals surface area contributed by atoms with Gasteiger partial charge in [-0.3, -0.25) is 14.5 Å². The molecule has 10 nitrogen and oxygen atoms in total. The molecular formula is C25H25Cl2N7O3. The van der Waals surface area contributed by atoms with Crippen LogP contribution in [0.2, 0.25) is 10.0 Å². The van der Waals surface area contributed by atoms with Gasteiger partial charge in [-0.15, -0.1) is 5.10 Å². The van der Waals surface area contributed by atoms with E-state index in [1.54, 1.807) is 53.4 Å². The molecule has 0 unspecified atom stereocenters. The van der Waals surface area contributed by atoms with E-state index in [0.717, 1.165) is 13.1 Å². The number of hydrogen-bond acceptors (Lipinski definition) is 7. The number of carbonyl (C=O) groups excluding carboxylic acids is 2. The van der Waals surface area contributed by atoms with Gasteiger partial charge in [0.1, 0.15) is 12.4 Å². The Kier molecular flexibility index (Phi) is 7.80. The van der Waals surface area contributed by atoms with Crippen molar-refractivity contribution in [3.05, 3.63) is 70.5 Å². The Hall–Kier alpha value is -3.31. The minimum atomic E-state index is -0.637. The van der Waals surface area contributed by atoms with Gasteiger partial charge < -0.3 is 15.0 Å². The van der Waals surface area contributed by atoms with E-state index in [-0.39, 0.29) is 17.9 Å². The molecule has 2 atom stereocenters. The Balaban J connectivity index is 1.38. The largest absolute Gasteiger partial charge is 0.379 e. The van der Waals surface area contributed by atoms with Crippen molar-refractivity contribution in [3.8, 4) is 5.69 Å². The maximum Gasteiger partial charge on any atom is 0.247 e. The normalized spacial score (nSPS) is 20.4. The van der Waals surface area contributed by atoms with Gasteiger partial charge in [-0.2, -0.15) is 4.68 Å². The van der Waals surface area contributed by atoms with Gasteiger partial charge in [0, 0.05) is 53.0 Å². The van der Waals surface area contributed by atoms with Gasteiger partial charge in [0.25, 0.3) is 0 Å². The molecule has 2 saturated heterocycles. The standard InChI is InChI=1S/C25H25Cl2N7O3/c26-18-2-1-3-20(13-18)29-25(36)23-14-21(32-8-10-37-11-9-32)15-33(23)24(35)7-4-17-12-19(27)5-6-22(17)34-16-28-30-31-34/h1-7,12-13,16,21,23H,8-11,14-15H2,(H,29,36)/b7-4+/t21-,23-/m0/s1. The fourth-order valence-corrected chi connectivity index (χ4v) is 5.07. The summed E-state index contributed by atoms with van der Waals surface area (Å²) in [6.45, 7) is 3.25. The molecule has 0 saturated carbocycles. The third-order valence-corrected chi connectivity index (χ3v) is 6.98. The molecule has 2 aliphatic heterocycles. The van der Waals surface area contributed by atoms with E-state index >= 15 is 0 Å².